The number of rotatable bonds is 13. The molecule has 1 fully saturated rings. The molecule has 1 aliphatic heterocycles. The number of aliphatic hydroxyl groups is 1. The van der Waals surface area contributed by atoms with Crippen LogP contribution in [0.4, 0.5) is 0 Å². The molecule has 1 aromatic rings. The first-order chi connectivity index (χ1) is 16.7. The average molecular weight is 476 g/mol. The molecule has 3 rings (SSSR count). The van der Waals surface area contributed by atoms with Crippen molar-refractivity contribution in [2.75, 3.05) is 46.7 Å². The zero-order chi connectivity index (χ0) is 24.2. The Morgan fingerprint density at radius 3 is 2.44 bits per heavy atom. The Labute approximate surface area is 204 Å². The molecule has 7 nitrogen and oxygen atoms in total. The van der Waals surface area contributed by atoms with Gasteiger partial charge in [-0.2, -0.15) is 0 Å². The van der Waals surface area contributed by atoms with Crippen LogP contribution in [0.1, 0.15) is 56.9 Å². The van der Waals surface area contributed by atoms with Crippen molar-refractivity contribution in [3.8, 4) is 0 Å². The fourth-order valence-corrected chi connectivity index (χ4v) is 4.90. The molecule has 1 aromatic carbocycles. The van der Waals surface area contributed by atoms with E-state index in [-0.39, 0.29) is 30.4 Å². The van der Waals surface area contributed by atoms with Crippen LogP contribution >= 0.6 is 0 Å². The van der Waals surface area contributed by atoms with Crippen molar-refractivity contribution < 1.29 is 28.8 Å². The Kier molecular flexibility index (Phi) is 11.3. The number of ether oxygens (including phenoxy) is 4. The molecule has 0 bridgehead atoms. The summed E-state index contributed by atoms with van der Waals surface area (Å²) in [5.74, 6) is 0.319. The highest BCUT2D eigenvalue weighted by molar-refractivity contribution is 5.91. The first-order valence-electron chi connectivity index (χ1n) is 12.7. The van der Waals surface area contributed by atoms with Crippen LogP contribution in [0, 0.1) is 5.92 Å². The fraction of sp³-hybridized carbons (Fsp3) is 0.667. The molecule has 1 aliphatic carbocycles. The van der Waals surface area contributed by atoms with Crippen LogP contribution in [0.5, 0.6) is 0 Å². The van der Waals surface area contributed by atoms with Crippen LogP contribution in [0.2, 0.25) is 0 Å². The van der Waals surface area contributed by atoms with E-state index >= 15 is 0 Å². The van der Waals surface area contributed by atoms with Crippen LogP contribution in [-0.4, -0.2) is 74.9 Å². The highest BCUT2D eigenvalue weighted by Crippen LogP contribution is 2.39. The minimum atomic E-state index is -0.520. The molecular weight excluding hydrogens is 434 g/mol. The van der Waals surface area contributed by atoms with Crippen molar-refractivity contribution in [2.24, 2.45) is 5.92 Å². The van der Waals surface area contributed by atoms with Gasteiger partial charge >= 0.3 is 0 Å². The highest BCUT2D eigenvalue weighted by Gasteiger charge is 2.39. The summed E-state index contributed by atoms with van der Waals surface area (Å²) in [6, 6.07) is 10.5. The Hall–Kier alpha value is -1.93. The van der Waals surface area contributed by atoms with Gasteiger partial charge in [-0.3, -0.25) is 4.79 Å². The normalized spacial score (nSPS) is 23.3. The van der Waals surface area contributed by atoms with E-state index in [0.29, 0.717) is 38.8 Å². The van der Waals surface area contributed by atoms with Crippen LogP contribution in [0.3, 0.4) is 0 Å². The van der Waals surface area contributed by atoms with Gasteiger partial charge in [0, 0.05) is 38.1 Å². The Morgan fingerprint density at radius 2 is 1.76 bits per heavy atom. The molecule has 34 heavy (non-hydrogen) atoms. The summed E-state index contributed by atoms with van der Waals surface area (Å²) in [5.41, 5.74) is 1.14. The molecule has 1 N–H and O–H groups in total. The lowest BCUT2D eigenvalue weighted by atomic mass is 9.81. The molecule has 1 amide bonds. The second-order valence-corrected chi connectivity index (χ2v) is 9.02. The molecule has 3 atom stereocenters. The number of benzene rings is 1. The van der Waals surface area contributed by atoms with E-state index in [1.54, 1.807) is 0 Å². The monoisotopic (exact) mass is 475 g/mol. The highest BCUT2D eigenvalue weighted by atomic mass is 16.7. The van der Waals surface area contributed by atoms with Gasteiger partial charge in [-0.15, -0.1) is 0 Å². The second kappa shape index (κ2) is 14.5. The molecule has 0 aromatic heterocycles. The van der Waals surface area contributed by atoms with Crippen LogP contribution in [0.25, 0.3) is 0 Å². The summed E-state index contributed by atoms with van der Waals surface area (Å²) in [6.07, 6.45) is 7.88. The van der Waals surface area contributed by atoms with E-state index in [1.807, 2.05) is 43.1 Å². The fourth-order valence-electron chi connectivity index (χ4n) is 4.90. The maximum Gasteiger partial charge on any atom is 0.288 e. The predicted molar refractivity (Wildman–Crippen MR) is 130 cm³/mol. The zero-order valence-corrected chi connectivity index (χ0v) is 20.7. The first kappa shape index (κ1) is 26.7. The number of likely N-dealkylation sites (N-methyl/N-ethyl adjacent to an activating group) is 1. The van der Waals surface area contributed by atoms with Crippen molar-refractivity contribution in [3.63, 3.8) is 0 Å². The maximum absolute atomic E-state index is 13.4. The molecule has 190 valence electrons. The quantitative estimate of drug-likeness (QED) is 0.437. The molecule has 7 heteroatoms. The number of carbonyl (C=O) groups excluding carboxylic acids is 1. The van der Waals surface area contributed by atoms with E-state index in [2.05, 4.69) is 12.1 Å². The van der Waals surface area contributed by atoms with E-state index in [0.717, 1.165) is 24.8 Å². The van der Waals surface area contributed by atoms with Gasteiger partial charge in [-0.1, -0.05) is 49.6 Å². The van der Waals surface area contributed by atoms with Crippen LogP contribution < -0.4 is 0 Å². The molecule has 3 unspecified atom stereocenters. The van der Waals surface area contributed by atoms with Gasteiger partial charge in [0.1, 0.15) is 0 Å². The standard InChI is InChI=1S/C27H41NO6/c1-3-33-27-23(14-16-31-18-19-32-17-15-29)24(21-10-6-4-7-11-21)20-25(34-27)26(30)28(2)22-12-8-5-9-13-22/h4,6-7,10-11,20,22-24,27,29H,3,5,8-9,12-19H2,1-2H3. The smallest absolute Gasteiger partial charge is 0.288 e. The van der Waals surface area contributed by atoms with Crippen LogP contribution in [0.15, 0.2) is 42.2 Å². The van der Waals surface area contributed by atoms with Crippen molar-refractivity contribution in [2.45, 2.75) is 63.7 Å². The SMILES string of the molecule is CCOC1OC(C(=O)N(C)C2CCCCC2)=CC(c2ccccc2)C1CCOCCOCCO. The van der Waals surface area contributed by atoms with Gasteiger partial charge in [0.15, 0.2) is 5.76 Å². The molecule has 1 heterocycles. The molecule has 2 aliphatic rings. The number of nitrogens with zero attached hydrogens (tertiary/aromatic N) is 1. The van der Waals surface area contributed by atoms with E-state index in [1.165, 1.54) is 19.3 Å². The lowest BCUT2D eigenvalue weighted by molar-refractivity contribution is -0.172. The largest absolute Gasteiger partial charge is 0.459 e. The summed E-state index contributed by atoms with van der Waals surface area (Å²) < 4.78 is 23.3. The van der Waals surface area contributed by atoms with E-state index in [9.17, 15) is 4.79 Å². The number of hydrogen-bond acceptors (Lipinski definition) is 6. The lowest BCUT2D eigenvalue weighted by Gasteiger charge is -2.39. The summed E-state index contributed by atoms with van der Waals surface area (Å²) in [4.78, 5) is 15.3. The average Bonchev–Trinajstić information content (AvgIpc) is 2.89. The first-order valence-corrected chi connectivity index (χ1v) is 12.7. The third-order valence-corrected chi connectivity index (χ3v) is 6.76. The molecule has 1 saturated carbocycles. The summed E-state index contributed by atoms with van der Waals surface area (Å²) >= 11 is 0. The number of hydrogen-bond donors (Lipinski definition) is 1. The minimum Gasteiger partial charge on any atom is -0.459 e. The summed E-state index contributed by atoms with van der Waals surface area (Å²) in [5, 5.41) is 8.80. The molecule has 0 radical (unpaired) electrons. The van der Waals surface area contributed by atoms with Gasteiger partial charge in [0.25, 0.3) is 5.91 Å². The third-order valence-electron chi connectivity index (χ3n) is 6.76. The van der Waals surface area contributed by atoms with Crippen molar-refractivity contribution in [3.05, 3.63) is 47.7 Å². The number of allylic oxidation sites excluding steroid dienone is 1. The minimum absolute atomic E-state index is 0.0113. The predicted octanol–water partition coefficient (Wildman–Crippen LogP) is 3.87. The van der Waals surface area contributed by atoms with Crippen LogP contribution in [-0.2, 0) is 23.7 Å². The van der Waals surface area contributed by atoms with E-state index < -0.39 is 6.29 Å². The Balaban J connectivity index is 1.74. The van der Waals surface area contributed by atoms with Crippen molar-refractivity contribution in [1.82, 2.24) is 4.90 Å². The topological polar surface area (TPSA) is 77.5 Å². The van der Waals surface area contributed by atoms with Crippen molar-refractivity contribution in [1.29, 1.82) is 0 Å². The third kappa shape index (κ3) is 7.54. The zero-order valence-electron chi connectivity index (χ0n) is 20.7. The van der Waals surface area contributed by atoms with Gasteiger partial charge < -0.3 is 29.0 Å². The summed E-state index contributed by atoms with van der Waals surface area (Å²) in [6.45, 7) is 4.22. The lowest BCUT2D eigenvalue weighted by Crippen LogP contribution is -2.43. The van der Waals surface area contributed by atoms with Crippen molar-refractivity contribution >= 4 is 5.91 Å². The summed E-state index contributed by atoms with van der Waals surface area (Å²) in [7, 11) is 1.90. The maximum atomic E-state index is 13.4. The molecular formula is C27H41NO6. The molecule has 0 saturated heterocycles. The molecule has 0 spiro atoms. The van der Waals surface area contributed by atoms with E-state index in [4.69, 9.17) is 24.1 Å². The number of amides is 1. The van der Waals surface area contributed by atoms with Gasteiger partial charge in [0.2, 0.25) is 6.29 Å². The number of aliphatic hydroxyl groups excluding tert-OH is 1. The number of carbonyl (C=O) groups is 1. The van der Waals surface area contributed by atoms with Gasteiger partial charge in [-0.25, -0.2) is 0 Å². The Bertz CT molecular complexity index is 749. The van der Waals surface area contributed by atoms with Gasteiger partial charge in [0.05, 0.1) is 26.4 Å². The second-order valence-electron chi connectivity index (χ2n) is 9.02. The Morgan fingerprint density at radius 1 is 1.06 bits per heavy atom. The van der Waals surface area contributed by atoms with Gasteiger partial charge in [-0.05, 0) is 37.8 Å².